The quantitative estimate of drug-likeness (QED) is 0.825. The van der Waals surface area contributed by atoms with Crippen LogP contribution in [0.15, 0.2) is 22.5 Å². The van der Waals surface area contributed by atoms with E-state index < -0.39 is 0 Å². The van der Waals surface area contributed by atoms with Gasteiger partial charge in [0.2, 0.25) is 5.13 Å². The summed E-state index contributed by atoms with van der Waals surface area (Å²) in [7, 11) is 0. The number of hydrogen-bond acceptors (Lipinski definition) is 6. The molecule has 0 aliphatic rings. The Bertz CT molecular complexity index is 528. The Kier molecular flexibility index (Phi) is 4.57. The molecule has 1 aromatic heterocycles. The molecule has 0 saturated heterocycles. The van der Waals surface area contributed by atoms with E-state index in [0.717, 1.165) is 15.2 Å². The van der Waals surface area contributed by atoms with Crippen molar-refractivity contribution in [1.82, 2.24) is 10.2 Å². The van der Waals surface area contributed by atoms with Gasteiger partial charge < -0.3 is 10.4 Å². The van der Waals surface area contributed by atoms with Crippen molar-refractivity contribution in [3.63, 3.8) is 0 Å². The molecular weight excluding hydrogens is 266 g/mol. The SMILES string of the molecule is Cc1ccc(Nc2nnc(SCCO)s2)c(C)c1. The van der Waals surface area contributed by atoms with Gasteiger partial charge in [-0.1, -0.05) is 40.8 Å². The third-order valence-corrected chi connectivity index (χ3v) is 4.30. The third-order valence-electron chi connectivity index (χ3n) is 2.35. The van der Waals surface area contributed by atoms with Crippen molar-refractivity contribution < 1.29 is 5.11 Å². The average molecular weight is 281 g/mol. The number of anilines is 2. The highest BCUT2D eigenvalue weighted by atomic mass is 32.2. The normalized spacial score (nSPS) is 10.6. The van der Waals surface area contributed by atoms with Crippen LogP contribution < -0.4 is 5.32 Å². The summed E-state index contributed by atoms with van der Waals surface area (Å²) in [5.41, 5.74) is 3.49. The summed E-state index contributed by atoms with van der Waals surface area (Å²) in [5, 5.41) is 20.9. The van der Waals surface area contributed by atoms with E-state index in [0.29, 0.717) is 5.75 Å². The second-order valence-corrected chi connectivity index (χ2v) is 6.21. The molecule has 96 valence electrons. The first-order valence-electron chi connectivity index (χ1n) is 5.60. The Morgan fingerprint density at radius 3 is 2.89 bits per heavy atom. The summed E-state index contributed by atoms with van der Waals surface area (Å²) in [6.45, 7) is 4.30. The van der Waals surface area contributed by atoms with Crippen LogP contribution >= 0.6 is 23.1 Å². The molecule has 0 unspecified atom stereocenters. The smallest absolute Gasteiger partial charge is 0.210 e. The molecule has 6 heteroatoms. The first-order valence-corrected chi connectivity index (χ1v) is 7.40. The van der Waals surface area contributed by atoms with Crippen LogP contribution in [-0.4, -0.2) is 27.7 Å². The second-order valence-electron chi connectivity index (χ2n) is 3.89. The number of benzene rings is 1. The third kappa shape index (κ3) is 3.44. The molecule has 2 rings (SSSR count). The number of nitrogens with zero attached hydrogens (tertiary/aromatic N) is 2. The van der Waals surface area contributed by atoms with Crippen LogP contribution in [0.2, 0.25) is 0 Å². The molecule has 0 saturated carbocycles. The molecule has 1 heterocycles. The fraction of sp³-hybridized carbons (Fsp3) is 0.333. The van der Waals surface area contributed by atoms with Gasteiger partial charge in [0.15, 0.2) is 4.34 Å². The number of aryl methyl sites for hydroxylation is 2. The fourth-order valence-corrected chi connectivity index (χ4v) is 3.10. The van der Waals surface area contributed by atoms with Gasteiger partial charge in [-0.3, -0.25) is 0 Å². The molecule has 0 radical (unpaired) electrons. The molecule has 1 aromatic carbocycles. The van der Waals surface area contributed by atoms with Gasteiger partial charge in [0.1, 0.15) is 0 Å². The Morgan fingerprint density at radius 1 is 1.33 bits per heavy atom. The highest BCUT2D eigenvalue weighted by Gasteiger charge is 2.06. The highest BCUT2D eigenvalue weighted by molar-refractivity contribution is 8.01. The summed E-state index contributed by atoms with van der Waals surface area (Å²) >= 11 is 3.01. The lowest BCUT2D eigenvalue weighted by molar-refractivity contribution is 0.322. The zero-order chi connectivity index (χ0) is 13.0. The van der Waals surface area contributed by atoms with Crippen LogP contribution in [0.1, 0.15) is 11.1 Å². The lowest BCUT2D eigenvalue weighted by atomic mass is 10.1. The van der Waals surface area contributed by atoms with Crippen LogP contribution in [0.4, 0.5) is 10.8 Å². The Balaban J connectivity index is 2.06. The predicted molar refractivity (Wildman–Crippen MR) is 76.9 cm³/mol. The molecule has 0 bridgehead atoms. The number of thioether (sulfide) groups is 1. The maximum Gasteiger partial charge on any atom is 0.210 e. The lowest BCUT2D eigenvalue weighted by Crippen LogP contribution is -1.92. The minimum atomic E-state index is 0.157. The molecular formula is C12H15N3OS2. The molecule has 0 aliphatic carbocycles. The van der Waals surface area contributed by atoms with Crippen molar-refractivity contribution in [2.75, 3.05) is 17.7 Å². The van der Waals surface area contributed by atoms with Gasteiger partial charge in [-0.25, -0.2) is 0 Å². The molecule has 18 heavy (non-hydrogen) atoms. The van der Waals surface area contributed by atoms with Crippen molar-refractivity contribution in [2.45, 2.75) is 18.2 Å². The molecule has 4 nitrogen and oxygen atoms in total. The van der Waals surface area contributed by atoms with Gasteiger partial charge in [-0.15, -0.1) is 10.2 Å². The summed E-state index contributed by atoms with van der Waals surface area (Å²) in [5.74, 6) is 0.651. The van der Waals surface area contributed by atoms with Crippen molar-refractivity contribution >= 4 is 33.9 Å². The first-order chi connectivity index (χ1) is 8.69. The van der Waals surface area contributed by atoms with E-state index in [2.05, 4.69) is 41.5 Å². The van der Waals surface area contributed by atoms with Crippen LogP contribution in [-0.2, 0) is 0 Å². The zero-order valence-electron chi connectivity index (χ0n) is 10.3. The summed E-state index contributed by atoms with van der Waals surface area (Å²) in [6.07, 6.45) is 0. The number of aromatic nitrogens is 2. The molecule has 0 aliphatic heterocycles. The van der Waals surface area contributed by atoms with Gasteiger partial charge in [0.05, 0.1) is 6.61 Å². The van der Waals surface area contributed by atoms with Crippen molar-refractivity contribution in [3.8, 4) is 0 Å². The van der Waals surface area contributed by atoms with E-state index >= 15 is 0 Å². The van der Waals surface area contributed by atoms with Crippen molar-refractivity contribution in [2.24, 2.45) is 0 Å². The van der Waals surface area contributed by atoms with Gasteiger partial charge in [-0.05, 0) is 25.5 Å². The van der Waals surface area contributed by atoms with E-state index in [1.54, 1.807) is 0 Å². The number of hydrogen-bond donors (Lipinski definition) is 2. The van der Waals surface area contributed by atoms with Gasteiger partial charge in [0.25, 0.3) is 0 Å². The zero-order valence-corrected chi connectivity index (χ0v) is 11.9. The Morgan fingerprint density at radius 2 is 2.17 bits per heavy atom. The standard InChI is InChI=1S/C12H15N3OS2/c1-8-3-4-10(9(2)7-8)13-11-14-15-12(18-11)17-6-5-16/h3-4,7,16H,5-6H2,1-2H3,(H,13,14). The summed E-state index contributed by atoms with van der Waals surface area (Å²) < 4.78 is 0.872. The number of aliphatic hydroxyl groups excluding tert-OH is 1. The summed E-state index contributed by atoms with van der Waals surface area (Å²) in [4.78, 5) is 0. The first kappa shape index (κ1) is 13.3. The summed E-state index contributed by atoms with van der Waals surface area (Å²) in [6, 6.07) is 6.25. The maximum absolute atomic E-state index is 8.75. The molecule has 0 atom stereocenters. The number of nitrogens with one attached hydrogen (secondary N) is 1. The molecule has 0 amide bonds. The van der Waals surface area contributed by atoms with E-state index in [9.17, 15) is 0 Å². The Labute approximate surface area is 114 Å². The number of rotatable bonds is 5. The van der Waals surface area contributed by atoms with Gasteiger partial charge >= 0.3 is 0 Å². The highest BCUT2D eigenvalue weighted by Crippen LogP contribution is 2.28. The van der Waals surface area contributed by atoms with Crippen LogP contribution in [0.3, 0.4) is 0 Å². The van der Waals surface area contributed by atoms with Crippen LogP contribution in [0, 0.1) is 13.8 Å². The molecule has 0 spiro atoms. The number of aliphatic hydroxyl groups is 1. The molecule has 2 N–H and O–H groups in total. The van der Waals surface area contributed by atoms with Crippen LogP contribution in [0.25, 0.3) is 0 Å². The minimum absolute atomic E-state index is 0.157. The Hall–Kier alpha value is -1.11. The van der Waals surface area contributed by atoms with E-state index in [-0.39, 0.29) is 6.61 Å². The predicted octanol–water partition coefficient (Wildman–Crippen LogP) is 2.98. The van der Waals surface area contributed by atoms with Gasteiger partial charge in [-0.2, -0.15) is 0 Å². The van der Waals surface area contributed by atoms with Gasteiger partial charge in [0, 0.05) is 11.4 Å². The molecule has 0 fully saturated rings. The van der Waals surface area contributed by atoms with E-state index in [1.807, 2.05) is 6.07 Å². The molecule has 2 aromatic rings. The van der Waals surface area contributed by atoms with E-state index in [1.165, 1.54) is 34.2 Å². The largest absolute Gasteiger partial charge is 0.396 e. The minimum Gasteiger partial charge on any atom is -0.396 e. The van der Waals surface area contributed by atoms with Crippen molar-refractivity contribution in [1.29, 1.82) is 0 Å². The van der Waals surface area contributed by atoms with Crippen molar-refractivity contribution in [3.05, 3.63) is 29.3 Å². The second kappa shape index (κ2) is 6.17. The van der Waals surface area contributed by atoms with Crippen LogP contribution in [0.5, 0.6) is 0 Å². The monoisotopic (exact) mass is 281 g/mol. The fourth-order valence-electron chi connectivity index (χ4n) is 1.52. The van der Waals surface area contributed by atoms with E-state index in [4.69, 9.17) is 5.11 Å². The average Bonchev–Trinajstić information content (AvgIpc) is 2.78. The maximum atomic E-state index is 8.75. The topological polar surface area (TPSA) is 58.0 Å². The lowest BCUT2D eigenvalue weighted by Gasteiger charge is -2.06.